The van der Waals surface area contributed by atoms with Crippen LogP contribution in [0.3, 0.4) is 0 Å². The van der Waals surface area contributed by atoms with Crippen molar-refractivity contribution in [3.05, 3.63) is 29.8 Å². The molecule has 23 heavy (non-hydrogen) atoms. The molecule has 8 heteroatoms. The maximum absolute atomic E-state index is 11.4. The molecular formula is C15H18N2O6. The zero-order chi connectivity index (χ0) is 17.2. The molecule has 0 aliphatic heterocycles. The number of ketones is 1. The van der Waals surface area contributed by atoms with Crippen LogP contribution in [0.1, 0.15) is 17.3 Å². The van der Waals surface area contributed by atoms with Gasteiger partial charge in [-0.1, -0.05) is 0 Å². The van der Waals surface area contributed by atoms with Crippen molar-refractivity contribution in [2.45, 2.75) is 6.92 Å². The summed E-state index contributed by atoms with van der Waals surface area (Å²) in [6.07, 6.45) is 0. The highest BCUT2D eigenvalue weighted by Crippen LogP contribution is 2.12. The molecule has 0 saturated heterocycles. The lowest BCUT2D eigenvalue weighted by Crippen LogP contribution is -2.37. The number of esters is 1. The SMILES string of the molecule is CNC(=O)CNC(=O)COC(=O)COc1ccc(C(C)=O)cc1. The van der Waals surface area contributed by atoms with E-state index in [4.69, 9.17) is 9.47 Å². The number of Topliss-reactive ketones (excluding diaryl/α,β-unsaturated/α-hetero) is 1. The summed E-state index contributed by atoms with van der Waals surface area (Å²) in [4.78, 5) is 44.7. The third kappa shape index (κ3) is 7.07. The van der Waals surface area contributed by atoms with Gasteiger partial charge in [0.15, 0.2) is 19.0 Å². The molecule has 0 bridgehead atoms. The minimum atomic E-state index is -0.726. The molecule has 0 aliphatic rings. The van der Waals surface area contributed by atoms with E-state index in [0.29, 0.717) is 11.3 Å². The molecule has 1 aromatic rings. The quantitative estimate of drug-likeness (QED) is 0.501. The number of nitrogens with one attached hydrogen (secondary N) is 2. The van der Waals surface area contributed by atoms with Crippen LogP contribution in [-0.2, 0) is 19.1 Å². The minimum absolute atomic E-state index is 0.0706. The first-order valence-electron chi connectivity index (χ1n) is 6.79. The Morgan fingerprint density at radius 3 is 2.22 bits per heavy atom. The van der Waals surface area contributed by atoms with Crippen molar-refractivity contribution in [1.29, 1.82) is 0 Å². The van der Waals surface area contributed by atoms with E-state index in [1.54, 1.807) is 24.3 Å². The van der Waals surface area contributed by atoms with Crippen LogP contribution in [0.5, 0.6) is 5.75 Å². The highest BCUT2D eigenvalue weighted by Gasteiger charge is 2.09. The van der Waals surface area contributed by atoms with Gasteiger partial charge >= 0.3 is 5.97 Å². The van der Waals surface area contributed by atoms with E-state index < -0.39 is 18.5 Å². The Hall–Kier alpha value is -2.90. The Balaban J connectivity index is 2.27. The zero-order valence-electron chi connectivity index (χ0n) is 12.9. The van der Waals surface area contributed by atoms with Crippen molar-refractivity contribution in [3.8, 4) is 5.75 Å². The van der Waals surface area contributed by atoms with E-state index >= 15 is 0 Å². The summed E-state index contributed by atoms with van der Waals surface area (Å²) in [5.74, 6) is -1.35. The lowest BCUT2D eigenvalue weighted by Gasteiger charge is -2.08. The molecule has 2 amide bonds. The molecule has 0 radical (unpaired) electrons. The molecule has 0 fully saturated rings. The summed E-state index contributed by atoms with van der Waals surface area (Å²) >= 11 is 0. The average molecular weight is 322 g/mol. The molecule has 1 aromatic carbocycles. The van der Waals surface area contributed by atoms with Crippen LogP contribution in [-0.4, -0.2) is 50.4 Å². The van der Waals surface area contributed by atoms with E-state index in [0.717, 1.165) is 0 Å². The maximum Gasteiger partial charge on any atom is 0.344 e. The molecule has 0 aromatic heterocycles. The van der Waals surface area contributed by atoms with Crippen molar-refractivity contribution in [2.75, 3.05) is 26.8 Å². The number of carbonyl (C=O) groups is 4. The first kappa shape index (κ1) is 18.1. The number of amides is 2. The molecule has 2 N–H and O–H groups in total. The summed E-state index contributed by atoms with van der Waals surface area (Å²) < 4.78 is 9.86. The highest BCUT2D eigenvalue weighted by atomic mass is 16.6. The number of rotatable bonds is 8. The smallest absolute Gasteiger partial charge is 0.344 e. The van der Waals surface area contributed by atoms with Gasteiger partial charge in [-0.05, 0) is 31.2 Å². The predicted octanol–water partition coefficient (Wildman–Crippen LogP) is -0.327. The fourth-order valence-electron chi connectivity index (χ4n) is 1.43. The van der Waals surface area contributed by atoms with E-state index in [2.05, 4.69) is 10.6 Å². The molecular weight excluding hydrogens is 304 g/mol. The first-order chi connectivity index (χ1) is 10.9. The average Bonchev–Trinajstić information content (AvgIpc) is 2.56. The van der Waals surface area contributed by atoms with Crippen LogP contribution < -0.4 is 15.4 Å². The lowest BCUT2D eigenvalue weighted by atomic mass is 10.1. The largest absolute Gasteiger partial charge is 0.482 e. The Bertz CT molecular complexity index is 582. The van der Waals surface area contributed by atoms with Gasteiger partial charge in [0.05, 0.1) is 6.54 Å². The van der Waals surface area contributed by atoms with Crippen LogP contribution in [0.15, 0.2) is 24.3 Å². The van der Waals surface area contributed by atoms with E-state index in [1.165, 1.54) is 14.0 Å². The van der Waals surface area contributed by atoms with Gasteiger partial charge in [0.1, 0.15) is 5.75 Å². The van der Waals surface area contributed by atoms with Gasteiger partial charge in [0.2, 0.25) is 5.91 Å². The van der Waals surface area contributed by atoms with Crippen LogP contribution in [0.25, 0.3) is 0 Å². The van der Waals surface area contributed by atoms with E-state index in [-0.39, 0.29) is 24.8 Å². The Kier molecular flexibility index (Phi) is 7.25. The van der Waals surface area contributed by atoms with Gasteiger partial charge in [-0.25, -0.2) is 4.79 Å². The van der Waals surface area contributed by atoms with Crippen LogP contribution >= 0.6 is 0 Å². The second-order valence-electron chi connectivity index (χ2n) is 4.48. The Labute approximate surface area is 133 Å². The summed E-state index contributed by atoms with van der Waals surface area (Å²) in [6.45, 7) is 0.388. The Morgan fingerprint density at radius 1 is 1.00 bits per heavy atom. The number of likely N-dealkylation sites (N-methyl/N-ethyl adjacent to an activating group) is 1. The fourth-order valence-corrected chi connectivity index (χ4v) is 1.43. The van der Waals surface area contributed by atoms with Crippen LogP contribution in [0.4, 0.5) is 0 Å². The van der Waals surface area contributed by atoms with Gasteiger partial charge in [-0.2, -0.15) is 0 Å². The van der Waals surface area contributed by atoms with Crippen molar-refractivity contribution in [2.24, 2.45) is 0 Å². The third-order valence-corrected chi connectivity index (χ3v) is 2.71. The molecule has 0 saturated carbocycles. The summed E-state index contributed by atoms with van der Waals surface area (Å²) in [5.41, 5.74) is 0.535. The molecule has 124 valence electrons. The van der Waals surface area contributed by atoms with Gasteiger partial charge < -0.3 is 20.1 Å². The van der Waals surface area contributed by atoms with Crippen LogP contribution in [0, 0.1) is 0 Å². The maximum atomic E-state index is 11.4. The molecule has 0 spiro atoms. The van der Waals surface area contributed by atoms with Gasteiger partial charge in [0.25, 0.3) is 5.91 Å². The number of hydrogen-bond donors (Lipinski definition) is 2. The van der Waals surface area contributed by atoms with Crippen molar-refractivity contribution >= 4 is 23.6 Å². The van der Waals surface area contributed by atoms with Crippen LogP contribution in [0.2, 0.25) is 0 Å². The van der Waals surface area contributed by atoms with E-state index in [1.807, 2.05) is 0 Å². The normalized spacial score (nSPS) is 9.65. The van der Waals surface area contributed by atoms with Crippen molar-refractivity contribution in [3.63, 3.8) is 0 Å². The number of benzene rings is 1. The molecule has 0 heterocycles. The molecule has 0 aliphatic carbocycles. The highest BCUT2D eigenvalue weighted by molar-refractivity contribution is 5.94. The van der Waals surface area contributed by atoms with E-state index in [9.17, 15) is 19.2 Å². The van der Waals surface area contributed by atoms with Gasteiger partial charge in [-0.3, -0.25) is 14.4 Å². The fraction of sp³-hybridized carbons (Fsp3) is 0.333. The number of carbonyl (C=O) groups excluding carboxylic acids is 4. The monoisotopic (exact) mass is 322 g/mol. The predicted molar refractivity (Wildman–Crippen MR) is 80.0 cm³/mol. The summed E-state index contributed by atoms with van der Waals surface area (Å²) in [5, 5.41) is 4.61. The summed E-state index contributed by atoms with van der Waals surface area (Å²) in [6, 6.07) is 6.27. The standard InChI is InChI=1S/C15H18N2O6/c1-10(18)11-3-5-12(6-4-11)22-9-15(21)23-8-14(20)17-7-13(19)16-2/h3-6H,7-9H2,1-2H3,(H,16,19)(H,17,20). The Morgan fingerprint density at radius 2 is 1.65 bits per heavy atom. The minimum Gasteiger partial charge on any atom is -0.482 e. The molecule has 8 nitrogen and oxygen atoms in total. The van der Waals surface area contributed by atoms with Gasteiger partial charge in [-0.15, -0.1) is 0 Å². The molecule has 0 atom stereocenters. The number of hydrogen-bond acceptors (Lipinski definition) is 6. The van der Waals surface area contributed by atoms with Crippen molar-refractivity contribution in [1.82, 2.24) is 10.6 Å². The molecule has 1 rings (SSSR count). The van der Waals surface area contributed by atoms with Gasteiger partial charge in [0, 0.05) is 12.6 Å². The lowest BCUT2D eigenvalue weighted by molar-refractivity contribution is -0.150. The number of ether oxygens (including phenoxy) is 2. The third-order valence-electron chi connectivity index (χ3n) is 2.71. The summed E-state index contributed by atoms with van der Waals surface area (Å²) in [7, 11) is 1.44. The zero-order valence-corrected chi connectivity index (χ0v) is 12.9. The first-order valence-corrected chi connectivity index (χ1v) is 6.79. The topological polar surface area (TPSA) is 111 Å². The second-order valence-corrected chi connectivity index (χ2v) is 4.48. The van der Waals surface area contributed by atoms with Crippen molar-refractivity contribution < 1.29 is 28.7 Å². The molecule has 0 unspecified atom stereocenters. The second kappa shape index (κ2) is 9.19.